The van der Waals surface area contributed by atoms with Crippen LogP contribution in [0.1, 0.15) is 54.5 Å². The lowest BCUT2D eigenvalue weighted by molar-refractivity contribution is 0.195. The van der Waals surface area contributed by atoms with Crippen molar-refractivity contribution in [3.63, 3.8) is 0 Å². The van der Waals surface area contributed by atoms with Crippen LogP contribution in [0.5, 0.6) is 17.2 Å². The molecule has 2 atom stereocenters. The minimum atomic E-state index is 0.0388. The standard InChI is InChI=1S/C22H24O3/c1-13(2)4-5-15-10-19-14(11-20(15)24-3)6-8-18-17-9-7-16(23)12-21(17)25-22(18)19/h4,7,9-12,18,22-23H,5-6,8H2,1-3H3. The predicted octanol–water partition coefficient (Wildman–Crippen LogP) is 5.07. The van der Waals surface area contributed by atoms with Crippen molar-refractivity contribution in [1.82, 2.24) is 0 Å². The van der Waals surface area contributed by atoms with Gasteiger partial charge in [-0.3, -0.25) is 0 Å². The van der Waals surface area contributed by atoms with Crippen LogP contribution < -0.4 is 9.47 Å². The summed E-state index contributed by atoms with van der Waals surface area (Å²) in [7, 11) is 1.74. The molecule has 1 N–H and O–H groups in total. The molecule has 0 saturated heterocycles. The van der Waals surface area contributed by atoms with Gasteiger partial charge in [-0.15, -0.1) is 0 Å². The number of aryl methyl sites for hydroxylation is 1. The molecule has 1 aliphatic carbocycles. The van der Waals surface area contributed by atoms with Gasteiger partial charge in [0.1, 0.15) is 23.4 Å². The molecule has 2 aromatic rings. The lowest BCUT2D eigenvalue weighted by atomic mass is 9.78. The summed E-state index contributed by atoms with van der Waals surface area (Å²) in [6, 6.07) is 9.95. The predicted molar refractivity (Wildman–Crippen MR) is 98.7 cm³/mol. The molecular weight excluding hydrogens is 312 g/mol. The van der Waals surface area contributed by atoms with E-state index in [1.807, 2.05) is 6.07 Å². The van der Waals surface area contributed by atoms with E-state index in [9.17, 15) is 5.11 Å². The first kappa shape index (κ1) is 16.1. The van der Waals surface area contributed by atoms with E-state index in [0.29, 0.717) is 5.92 Å². The maximum atomic E-state index is 9.76. The van der Waals surface area contributed by atoms with Crippen molar-refractivity contribution < 1.29 is 14.6 Å². The summed E-state index contributed by atoms with van der Waals surface area (Å²) < 4.78 is 11.9. The van der Waals surface area contributed by atoms with Crippen LogP contribution in [0.25, 0.3) is 0 Å². The zero-order valence-corrected chi connectivity index (χ0v) is 15.0. The summed E-state index contributed by atoms with van der Waals surface area (Å²) in [6.45, 7) is 4.23. The third-order valence-corrected chi connectivity index (χ3v) is 5.32. The van der Waals surface area contributed by atoms with Crippen LogP contribution in [0.2, 0.25) is 0 Å². The van der Waals surface area contributed by atoms with Gasteiger partial charge in [0.25, 0.3) is 0 Å². The van der Waals surface area contributed by atoms with Gasteiger partial charge in [-0.05, 0) is 68.0 Å². The molecule has 0 radical (unpaired) electrons. The van der Waals surface area contributed by atoms with Crippen molar-refractivity contribution in [2.45, 2.75) is 45.1 Å². The van der Waals surface area contributed by atoms with E-state index in [0.717, 1.165) is 30.8 Å². The molecule has 2 aromatic carbocycles. The second kappa shape index (κ2) is 6.14. The maximum absolute atomic E-state index is 9.76. The number of hydrogen-bond acceptors (Lipinski definition) is 3. The van der Waals surface area contributed by atoms with Gasteiger partial charge in [0.2, 0.25) is 0 Å². The van der Waals surface area contributed by atoms with Crippen LogP contribution in [-0.4, -0.2) is 12.2 Å². The van der Waals surface area contributed by atoms with Gasteiger partial charge >= 0.3 is 0 Å². The number of ether oxygens (including phenoxy) is 2. The largest absolute Gasteiger partial charge is 0.508 e. The summed E-state index contributed by atoms with van der Waals surface area (Å²) in [6.07, 6.45) is 5.22. The van der Waals surface area contributed by atoms with Crippen LogP contribution in [0, 0.1) is 0 Å². The van der Waals surface area contributed by atoms with Gasteiger partial charge in [0.15, 0.2) is 0 Å². The van der Waals surface area contributed by atoms with E-state index in [1.165, 1.54) is 27.8 Å². The molecule has 4 rings (SSSR count). The van der Waals surface area contributed by atoms with Crippen molar-refractivity contribution in [2.75, 3.05) is 7.11 Å². The highest BCUT2D eigenvalue weighted by molar-refractivity contribution is 5.52. The van der Waals surface area contributed by atoms with Gasteiger partial charge in [-0.2, -0.15) is 0 Å². The smallest absolute Gasteiger partial charge is 0.131 e. The average Bonchev–Trinajstić information content (AvgIpc) is 2.96. The van der Waals surface area contributed by atoms with Gasteiger partial charge in [-0.1, -0.05) is 17.7 Å². The third kappa shape index (κ3) is 2.78. The van der Waals surface area contributed by atoms with Gasteiger partial charge in [0.05, 0.1) is 7.11 Å². The first-order valence-corrected chi connectivity index (χ1v) is 8.89. The van der Waals surface area contributed by atoms with E-state index in [1.54, 1.807) is 19.2 Å². The zero-order valence-electron chi connectivity index (χ0n) is 15.0. The lowest BCUT2D eigenvalue weighted by Crippen LogP contribution is -2.19. The normalized spacial score (nSPS) is 20.1. The number of hydrogen-bond donors (Lipinski definition) is 1. The number of aromatic hydroxyl groups is 1. The first-order chi connectivity index (χ1) is 12.1. The average molecular weight is 336 g/mol. The number of allylic oxidation sites excluding steroid dienone is 2. The highest BCUT2D eigenvalue weighted by Gasteiger charge is 2.39. The maximum Gasteiger partial charge on any atom is 0.131 e. The highest BCUT2D eigenvalue weighted by atomic mass is 16.5. The molecule has 3 heteroatoms. The molecule has 0 saturated carbocycles. The number of methoxy groups -OCH3 is 1. The van der Waals surface area contributed by atoms with E-state index >= 15 is 0 Å². The number of phenols is 1. The van der Waals surface area contributed by atoms with Crippen molar-refractivity contribution in [2.24, 2.45) is 0 Å². The van der Waals surface area contributed by atoms with E-state index in [-0.39, 0.29) is 11.9 Å². The summed E-state index contributed by atoms with van der Waals surface area (Å²) in [5.74, 6) is 2.41. The molecule has 0 fully saturated rings. The second-order valence-electron chi connectivity index (χ2n) is 7.25. The Balaban J connectivity index is 1.75. The number of rotatable bonds is 3. The SMILES string of the molecule is COc1cc2c(cc1CC=C(C)C)C1Oc3cc(O)ccc3C1CC2. The van der Waals surface area contributed by atoms with Crippen LogP contribution in [0.3, 0.4) is 0 Å². The second-order valence-corrected chi connectivity index (χ2v) is 7.25. The molecule has 130 valence electrons. The Morgan fingerprint density at radius 2 is 2.08 bits per heavy atom. The summed E-state index contributed by atoms with van der Waals surface area (Å²) >= 11 is 0. The lowest BCUT2D eigenvalue weighted by Gasteiger charge is -2.28. The molecular formula is C22H24O3. The monoisotopic (exact) mass is 336 g/mol. The molecule has 2 aliphatic rings. The van der Waals surface area contributed by atoms with Gasteiger partial charge in [0, 0.05) is 17.5 Å². The molecule has 0 bridgehead atoms. The van der Waals surface area contributed by atoms with Gasteiger partial charge < -0.3 is 14.6 Å². The summed E-state index contributed by atoms with van der Waals surface area (Å²) in [5.41, 5.74) is 6.30. The molecule has 0 aromatic heterocycles. The molecule has 0 spiro atoms. The van der Waals surface area contributed by atoms with Crippen molar-refractivity contribution in [3.05, 3.63) is 64.2 Å². The minimum Gasteiger partial charge on any atom is -0.508 e. The van der Waals surface area contributed by atoms with Crippen molar-refractivity contribution in [3.8, 4) is 17.2 Å². The van der Waals surface area contributed by atoms with E-state index in [4.69, 9.17) is 9.47 Å². The molecule has 2 unspecified atom stereocenters. The van der Waals surface area contributed by atoms with Crippen molar-refractivity contribution >= 4 is 0 Å². The van der Waals surface area contributed by atoms with E-state index in [2.05, 4.69) is 32.1 Å². The van der Waals surface area contributed by atoms with Gasteiger partial charge in [-0.25, -0.2) is 0 Å². The Labute approximate surface area is 148 Å². The Morgan fingerprint density at radius 3 is 2.84 bits per heavy atom. The molecule has 25 heavy (non-hydrogen) atoms. The Morgan fingerprint density at radius 1 is 1.24 bits per heavy atom. The molecule has 1 heterocycles. The van der Waals surface area contributed by atoms with Crippen LogP contribution in [-0.2, 0) is 12.8 Å². The number of benzene rings is 2. The Bertz CT molecular complexity index is 847. The van der Waals surface area contributed by atoms with Crippen LogP contribution in [0.15, 0.2) is 42.0 Å². The molecule has 3 nitrogen and oxygen atoms in total. The molecule has 1 aliphatic heterocycles. The highest BCUT2D eigenvalue weighted by Crippen LogP contribution is 2.53. The van der Waals surface area contributed by atoms with Crippen LogP contribution in [0.4, 0.5) is 0 Å². The number of phenolic OH excluding ortho intramolecular Hbond substituents is 1. The summed E-state index contributed by atoms with van der Waals surface area (Å²) in [4.78, 5) is 0. The topological polar surface area (TPSA) is 38.7 Å². The first-order valence-electron chi connectivity index (χ1n) is 8.89. The fraction of sp³-hybridized carbons (Fsp3) is 0.364. The molecule has 0 amide bonds. The van der Waals surface area contributed by atoms with Crippen LogP contribution >= 0.6 is 0 Å². The summed E-state index contributed by atoms with van der Waals surface area (Å²) in [5, 5.41) is 9.76. The Hall–Kier alpha value is -2.42. The van der Waals surface area contributed by atoms with Crippen molar-refractivity contribution in [1.29, 1.82) is 0 Å². The Kier molecular flexibility index (Phi) is 3.95. The van der Waals surface area contributed by atoms with E-state index < -0.39 is 0 Å². The quantitative estimate of drug-likeness (QED) is 0.795. The third-order valence-electron chi connectivity index (χ3n) is 5.32. The fourth-order valence-electron chi connectivity index (χ4n) is 4.04. The number of fused-ring (bicyclic) bond motifs is 5. The fourth-order valence-corrected chi connectivity index (χ4v) is 4.04. The zero-order chi connectivity index (χ0) is 17.6. The minimum absolute atomic E-state index is 0.0388.